The largest absolute Gasteiger partial charge is 0.321 e. The van der Waals surface area contributed by atoms with Crippen molar-refractivity contribution in [3.05, 3.63) is 113 Å². The molecule has 33 heavy (non-hydrogen) atoms. The zero-order valence-corrected chi connectivity index (χ0v) is 19.5. The van der Waals surface area contributed by atoms with E-state index in [1.54, 1.807) is 24.3 Å². The number of amides is 1. The van der Waals surface area contributed by atoms with Gasteiger partial charge in [0.15, 0.2) is 4.91 Å². The van der Waals surface area contributed by atoms with Crippen LogP contribution in [-0.2, 0) is 14.8 Å². The molecule has 3 aromatic rings. The Morgan fingerprint density at radius 1 is 0.970 bits per heavy atom. The van der Waals surface area contributed by atoms with E-state index in [9.17, 15) is 13.2 Å². The summed E-state index contributed by atoms with van der Waals surface area (Å²) in [5.74, 6) is -0.320. The van der Waals surface area contributed by atoms with Crippen LogP contribution in [0.15, 0.2) is 96.4 Å². The Labute approximate surface area is 195 Å². The molecule has 3 aromatic carbocycles. The van der Waals surface area contributed by atoms with Crippen LogP contribution in [0.2, 0.25) is 0 Å². The normalized spacial score (nSPS) is 14.7. The third kappa shape index (κ3) is 4.22. The number of hydrogen-bond donors (Lipinski definition) is 1. The second-order valence-electron chi connectivity index (χ2n) is 8.14. The summed E-state index contributed by atoms with van der Waals surface area (Å²) in [7, 11) is -4.15. The van der Waals surface area contributed by atoms with Gasteiger partial charge in [-0.1, -0.05) is 80.6 Å². The summed E-state index contributed by atoms with van der Waals surface area (Å²) in [5.41, 5.74) is 3.92. The Balaban J connectivity index is 1.91. The van der Waals surface area contributed by atoms with Crippen LogP contribution >= 0.6 is 0 Å². The second-order valence-corrected chi connectivity index (χ2v) is 9.94. The molecule has 168 valence electrons. The molecule has 0 saturated carbocycles. The van der Waals surface area contributed by atoms with Gasteiger partial charge in [0.1, 0.15) is 0 Å². The van der Waals surface area contributed by atoms with E-state index in [-0.39, 0.29) is 11.4 Å². The van der Waals surface area contributed by atoms with Crippen LogP contribution in [0.4, 0.5) is 11.4 Å². The lowest BCUT2D eigenvalue weighted by Crippen LogP contribution is -2.39. The number of anilines is 2. The molecule has 6 heteroatoms. The maximum atomic E-state index is 13.8. The fraction of sp³-hybridized carbons (Fsp3) is 0.148. The third-order valence-corrected chi connectivity index (χ3v) is 7.45. The number of sulfonamides is 1. The van der Waals surface area contributed by atoms with Crippen molar-refractivity contribution in [1.82, 2.24) is 0 Å². The van der Waals surface area contributed by atoms with Gasteiger partial charge in [-0.05, 0) is 35.2 Å². The van der Waals surface area contributed by atoms with E-state index in [4.69, 9.17) is 0 Å². The van der Waals surface area contributed by atoms with Crippen LogP contribution in [-0.4, -0.2) is 20.9 Å². The number of benzene rings is 3. The molecule has 0 aromatic heterocycles. The molecular weight excluding hydrogens is 432 g/mol. The molecule has 1 amide bonds. The number of carbonyl (C=O) groups excluding carboxylic acids is 1. The molecule has 0 bridgehead atoms. The van der Waals surface area contributed by atoms with Crippen molar-refractivity contribution >= 4 is 32.9 Å². The van der Waals surface area contributed by atoms with Crippen LogP contribution in [0.1, 0.15) is 36.5 Å². The summed E-state index contributed by atoms with van der Waals surface area (Å²) in [6, 6.07) is 23.8. The summed E-state index contributed by atoms with van der Waals surface area (Å²) in [5, 5.41) is 2.80. The molecule has 0 aliphatic carbocycles. The number of carbonyl (C=O) groups is 1. The molecule has 1 heterocycles. The van der Waals surface area contributed by atoms with E-state index in [1.807, 2.05) is 54.6 Å². The minimum absolute atomic E-state index is 0.0568. The Kier molecular flexibility index (Phi) is 6.20. The minimum atomic E-state index is -4.15. The van der Waals surface area contributed by atoms with Crippen molar-refractivity contribution < 1.29 is 13.2 Å². The van der Waals surface area contributed by atoms with Crippen molar-refractivity contribution in [2.24, 2.45) is 0 Å². The molecule has 0 fully saturated rings. The molecule has 0 atom stereocenters. The molecule has 0 saturated heterocycles. The summed E-state index contributed by atoms with van der Waals surface area (Å²) in [6.45, 7) is 7.94. The second kappa shape index (κ2) is 9.08. The van der Waals surface area contributed by atoms with Crippen molar-refractivity contribution in [1.29, 1.82) is 0 Å². The Bertz CT molecular complexity index is 1330. The lowest BCUT2D eigenvalue weighted by molar-refractivity contribution is -0.112. The number of para-hydroxylation sites is 1. The standard InChI is InChI=1S/C27H26N2O3S/c1-4-18-29-24-13-9-8-12-23(24)25(21-10-6-5-7-11-21)26(33(29,31)32)27(30)28-22-16-14-20(15-17-22)19(2)3/h4-17,19H,1,18H2,2-3H3,(H,28,30). The molecule has 5 nitrogen and oxygen atoms in total. The van der Waals surface area contributed by atoms with Gasteiger partial charge in [0, 0.05) is 16.8 Å². The van der Waals surface area contributed by atoms with E-state index in [2.05, 4.69) is 25.7 Å². The summed E-state index contributed by atoms with van der Waals surface area (Å²) in [4.78, 5) is 13.3. The van der Waals surface area contributed by atoms with Crippen LogP contribution in [0.5, 0.6) is 0 Å². The molecule has 1 aliphatic heterocycles. The first-order chi connectivity index (χ1) is 15.8. The molecule has 1 aliphatic rings. The first-order valence-electron chi connectivity index (χ1n) is 10.8. The fourth-order valence-corrected chi connectivity index (χ4v) is 5.68. The highest BCUT2D eigenvalue weighted by Crippen LogP contribution is 2.42. The smallest absolute Gasteiger partial charge is 0.270 e. The van der Waals surface area contributed by atoms with Gasteiger partial charge in [-0.2, -0.15) is 0 Å². The van der Waals surface area contributed by atoms with Crippen molar-refractivity contribution in [3.63, 3.8) is 0 Å². The van der Waals surface area contributed by atoms with Crippen LogP contribution < -0.4 is 9.62 Å². The van der Waals surface area contributed by atoms with Crippen LogP contribution in [0.3, 0.4) is 0 Å². The molecule has 1 N–H and O–H groups in total. The van der Waals surface area contributed by atoms with E-state index < -0.39 is 15.9 Å². The summed E-state index contributed by atoms with van der Waals surface area (Å²) >= 11 is 0. The predicted molar refractivity (Wildman–Crippen MR) is 135 cm³/mol. The topological polar surface area (TPSA) is 66.5 Å². The Morgan fingerprint density at radius 2 is 1.61 bits per heavy atom. The summed E-state index contributed by atoms with van der Waals surface area (Å²) in [6.07, 6.45) is 1.52. The molecule has 0 radical (unpaired) electrons. The van der Waals surface area contributed by atoms with Gasteiger partial charge in [-0.25, -0.2) is 8.42 Å². The average Bonchev–Trinajstić information content (AvgIpc) is 2.81. The lowest BCUT2D eigenvalue weighted by atomic mass is 9.95. The maximum Gasteiger partial charge on any atom is 0.270 e. The average molecular weight is 459 g/mol. The van der Waals surface area contributed by atoms with E-state index in [0.717, 1.165) is 5.56 Å². The van der Waals surface area contributed by atoms with Crippen molar-refractivity contribution in [3.8, 4) is 0 Å². The monoisotopic (exact) mass is 458 g/mol. The van der Waals surface area contributed by atoms with E-state index >= 15 is 0 Å². The van der Waals surface area contributed by atoms with E-state index in [0.29, 0.717) is 34.0 Å². The lowest BCUT2D eigenvalue weighted by Gasteiger charge is -2.32. The highest BCUT2D eigenvalue weighted by atomic mass is 32.2. The van der Waals surface area contributed by atoms with Gasteiger partial charge < -0.3 is 5.32 Å². The van der Waals surface area contributed by atoms with Crippen LogP contribution in [0, 0.1) is 0 Å². The summed E-state index contributed by atoms with van der Waals surface area (Å²) < 4.78 is 28.8. The number of hydrogen-bond acceptors (Lipinski definition) is 3. The van der Waals surface area contributed by atoms with Gasteiger partial charge in [0.05, 0.1) is 12.2 Å². The predicted octanol–water partition coefficient (Wildman–Crippen LogP) is 5.54. The van der Waals surface area contributed by atoms with Gasteiger partial charge in [-0.3, -0.25) is 9.10 Å². The highest BCUT2D eigenvalue weighted by Gasteiger charge is 2.40. The molecule has 0 unspecified atom stereocenters. The zero-order valence-electron chi connectivity index (χ0n) is 18.7. The molecule has 0 spiro atoms. The van der Waals surface area contributed by atoms with Crippen molar-refractivity contribution in [2.75, 3.05) is 16.2 Å². The van der Waals surface area contributed by atoms with Crippen molar-refractivity contribution in [2.45, 2.75) is 19.8 Å². The zero-order chi connectivity index (χ0) is 23.6. The highest BCUT2D eigenvalue weighted by molar-refractivity contribution is 7.97. The first kappa shape index (κ1) is 22.6. The van der Waals surface area contributed by atoms with Gasteiger partial charge >= 0.3 is 0 Å². The van der Waals surface area contributed by atoms with Gasteiger partial charge in [0.25, 0.3) is 15.9 Å². The number of fused-ring (bicyclic) bond motifs is 1. The SMILES string of the molecule is C=CCN1c2ccccc2C(c2ccccc2)=C(C(=O)Nc2ccc(C(C)C)cc2)S1(=O)=O. The Hall–Kier alpha value is -3.64. The quantitative estimate of drug-likeness (QED) is 0.493. The van der Waals surface area contributed by atoms with Gasteiger partial charge in [-0.15, -0.1) is 6.58 Å². The fourth-order valence-electron chi connectivity index (χ4n) is 3.97. The molecule has 4 rings (SSSR count). The van der Waals surface area contributed by atoms with E-state index in [1.165, 1.54) is 10.4 Å². The van der Waals surface area contributed by atoms with Crippen LogP contribution in [0.25, 0.3) is 5.57 Å². The minimum Gasteiger partial charge on any atom is -0.321 e. The number of nitrogens with zero attached hydrogens (tertiary/aromatic N) is 1. The number of nitrogens with one attached hydrogen (secondary N) is 1. The third-order valence-electron chi connectivity index (χ3n) is 5.62. The van der Waals surface area contributed by atoms with Gasteiger partial charge in [0.2, 0.25) is 0 Å². The Morgan fingerprint density at radius 3 is 2.24 bits per heavy atom. The molecular formula is C27H26N2O3S. The maximum absolute atomic E-state index is 13.8. The number of rotatable bonds is 6. The first-order valence-corrected chi connectivity index (χ1v) is 12.2.